The Kier molecular flexibility index (Phi) is 5.93. The van der Waals surface area contributed by atoms with Crippen molar-refractivity contribution in [2.45, 2.75) is 25.7 Å². The van der Waals surface area contributed by atoms with Crippen molar-refractivity contribution in [3.05, 3.63) is 48.7 Å². The molecule has 7 nitrogen and oxygen atoms in total. The minimum absolute atomic E-state index is 0.0344. The first-order valence-electron chi connectivity index (χ1n) is 10.3. The zero-order valence-electron chi connectivity index (χ0n) is 16.5. The average Bonchev–Trinajstić information content (AvgIpc) is 3.30. The number of pyridine rings is 1. The number of piperidine rings is 1. The lowest BCUT2D eigenvalue weighted by Crippen LogP contribution is -2.45. The maximum Gasteiger partial charge on any atom is 0.321 e. The third-order valence-electron chi connectivity index (χ3n) is 5.55. The molecule has 1 aromatic carbocycles. The fraction of sp³-hybridized carbons (Fsp3) is 0.409. The quantitative estimate of drug-likeness (QED) is 0.833. The van der Waals surface area contributed by atoms with Gasteiger partial charge in [0.05, 0.1) is 11.6 Å². The van der Waals surface area contributed by atoms with Crippen molar-refractivity contribution in [2.75, 3.05) is 41.7 Å². The second kappa shape index (κ2) is 8.94. The van der Waals surface area contributed by atoms with Gasteiger partial charge in [0, 0.05) is 38.1 Å². The number of likely N-dealkylation sites (tertiary alicyclic amines) is 1. The summed E-state index contributed by atoms with van der Waals surface area (Å²) in [5, 5.41) is 5.97. The van der Waals surface area contributed by atoms with E-state index in [9.17, 15) is 9.59 Å². The Bertz CT molecular complexity index is 851. The van der Waals surface area contributed by atoms with Crippen LogP contribution < -0.4 is 15.5 Å². The monoisotopic (exact) mass is 393 g/mol. The molecular formula is C22H27N5O2. The standard InChI is InChI=1S/C22H27N5O2/c28-21(24-18-9-2-1-3-10-18)17-8-7-15-27(16-17)22(29)25-19-11-6-12-23-20(19)26-13-4-5-14-26/h1-3,6,9-12,17H,4-5,7-8,13-16H2,(H,24,28)(H,25,29). The van der Waals surface area contributed by atoms with E-state index in [0.29, 0.717) is 13.1 Å². The van der Waals surface area contributed by atoms with Crippen molar-refractivity contribution in [3.63, 3.8) is 0 Å². The van der Waals surface area contributed by atoms with Crippen molar-refractivity contribution < 1.29 is 9.59 Å². The van der Waals surface area contributed by atoms with Crippen molar-refractivity contribution in [2.24, 2.45) is 5.92 Å². The fourth-order valence-corrected chi connectivity index (χ4v) is 4.01. The van der Waals surface area contributed by atoms with Crippen LogP contribution >= 0.6 is 0 Å². The highest BCUT2D eigenvalue weighted by molar-refractivity contribution is 5.95. The molecule has 2 saturated heterocycles. The first-order valence-corrected chi connectivity index (χ1v) is 10.3. The number of urea groups is 1. The number of nitrogens with one attached hydrogen (secondary N) is 2. The van der Waals surface area contributed by atoms with E-state index in [0.717, 1.165) is 56.0 Å². The van der Waals surface area contributed by atoms with Gasteiger partial charge in [-0.25, -0.2) is 9.78 Å². The Labute approximate surface area is 171 Å². The van der Waals surface area contributed by atoms with Crippen LogP contribution in [0.25, 0.3) is 0 Å². The molecule has 7 heteroatoms. The van der Waals surface area contributed by atoms with Gasteiger partial charge in [0.15, 0.2) is 5.82 Å². The number of aromatic nitrogens is 1. The van der Waals surface area contributed by atoms with Crippen LogP contribution in [0.1, 0.15) is 25.7 Å². The number of anilines is 3. The summed E-state index contributed by atoms with van der Waals surface area (Å²) in [5.41, 5.74) is 1.51. The zero-order chi connectivity index (χ0) is 20.1. The Morgan fingerprint density at radius 1 is 0.931 bits per heavy atom. The second-order valence-corrected chi connectivity index (χ2v) is 7.64. The number of hydrogen-bond acceptors (Lipinski definition) is 4. The number of carbonyl (C=O) groups excluding carboxylic acids is 2. The highest BCUT2D eigenvalue weighted by Crippen LogP contribution is 2.27. The summed E-state index contributed by atoms with van der Waals surface area (Å²) in [5.74, 6) is 0.586. The average molecular weight is 393 g/mol. The third kappa shape index (κ3) is 4.67. The lowest BCUT2D eigenvalue weighted by Gasteiger charge is -2.32. The molecule has 1 unspecified atom stereocenters. The fourth-order valence-electron chi connectivity index (χ4n) is 4.01. The molecule has 2 fully saturated rings. The van der Waals surface area contributed by atoms with Crippen molar-refractivity contribution in [1.29, 1.82) is 0 Å². The van der Waals surface area contributed by atoms with Gasteiger partial charge in [-0.3, -0.25) is 4.79 Å². The summed E-state index contributed by atoms with van der Waals surface area (Å²) in [6.45, 7) is 3.00. The molecule has 2 aliphatic rings. The summed E-state index contributed by atoms with van der Waals surface area (Å²) in [4.78, 5) is 34.0. The van der Waals surface area contributed by atoms with Gasteiger partial charge in [-0.2, -0.15) is 0 Å². The van der Waals surface area contributed by atoms with E-state index in [1.165, 1.54) is 0 Å². The van der Waals surface area contributed by atoms with Crippen LogP contribution in [0.2, 0.25) is 0 Å². The van der Waals surface area contributed by atoms with Gasteiger partial charge in [0.1, 0.15) is 0 Å². The van der Waals surface area contributed by atoms with Crippen LogP contribution in [0.5, 0.6) is 0 Å². The molecule has 4 rings (SSSR count). The minimum atomic E-state index is -0.207. The van der Waals surface area contributed by atoms with Gasteiger partial charge >= 0.3 is 6.03 Å². The number of para-hydroxylation sites is 1. The Hall–Kier alpha value is -3.09. The molecule has 152 valence electrons. The van der Waals surface area contributed by atoms with E-state index < -0.39 is 0 Å². The van der Waals surface area contributed by atoms with E-state index >= 15 is 0 Å². The lowest BCUT2D eigenvalue weighted by atomic mass is 9.97. The summed E-state index contributed by atoms with van der Waals surface area (Å²) in [6, 6.07) is 13.0. The molecule has 0 aliphatic carbocycles. The van der Waals surface area contributed by atoms with Crippen LogP contribution in [0.15, 0.2) is 48.7 Å². The van der Waals surface area contributed by atoms with Crippen LogP contribution in [0.3, 0.4) is 0 Å². The van der Waals surface area contributed by atoms with Crippen LogP contribution in [-0.4, -0.2) is 48.0 Å². The number of nitrogens with zero attached hydrogens (tertiary/aromatic N) is 3. The topological polar surface area (TPSA) is 77.6 Å². The van der Waals surface area contributed by atoms with Crippen molar-refractivity contribution >= 4 is 29.1 Å². The molecule has 29 heavy (non-hydrogen) atoms. The van der Waals surface area contributed by atoms with Gasteiger partial charge < -0.3 is 20.4 Å². The molecule has 0 radical (unpaired) electrons. The molecule has 1 atom stereocenters. The maximum absolute atomic E-state index is 12.9. The SMILES string of the molecule is O=C(Nc1ccccc1)C1CCCN(C(=O)Nc2cccnc2N2CCCC2)C1. The highest BCUT2D eigenvalue weighted by Gasteiger charge is 2.29. The smallest absolute Gasteiger partial charge is 0.321 e. The van der Waals surface area contributed by atoms with Crippen LogP contribution in [0.4, 0.5) is 22.0 Å². The molecule has 0 spiro atoms. The van der Waals surface area contributed by atoms with Crippen molar-refractivity contribution in [3.8, 4) is 0 Å². The van der Waals surface area contributed by atoms with Crippen molar-refractivity contribution in [1.82, 2.24) is 9.88 Å². The van der Waals surface area contributed by atoms with Crippen LogP contribution in [0, 0.1) is 5.92 Å². The molecule has 2 aromatic rings. The number of amides is 3. The molecule has 0 saturated carbocycles. The van der Waals surface area contributed by atoms with Gasteiger partial charge in [-0.15, -0.1) is 0 Å². The predicted molar refractivity (Wildman–Crippen MR) is 114 cm³/mol. The Morgan fingerprint density at radius 2 is 1.72 bits per heavy atom. The third-order valence-corrected chi connectivity index (χ3v) is 5.55. The zero-order valence-corrected chi connectivity index (χ0v) is 16.5. The molecule has 1 aromatic heterocycles. The Morgan fingerprint density at radius 3 is 2.52 bits per heavy atom. The first kappa shape index (κ1) is 19.2. The highest BCUT2D eigenvalue weighted by atomic mass is 16.2. The van der Waals surface area contributed by atoms with Gasteiger partial charge in [-0.1, -0.05) is 18.2 Å². The van der Waals surface area contributed by atoms with Gasteiger partial charge in [0.2, 0.25) is 5.91 Å². The largest absolute Gasteiger partial charge is 0.355 e. The van der Waals surface area contributed by atoms with E-state index in [4.69, 9.17) is 0 Å². The Balaban J connectivity index is 1.38. The number of rotatable bonds is 4. The molecule has 0 bridgehead atoms. The molecule has 2 aliphatic heterocycles. The molecule has 3 heterocycles. The normalized spacial score (nSPS) is 19.1. The van der Waals surface area contributed by atoms with E-state index in [1.54, 1.807) is 11.1 Å². The molecule has 2 N–H and O–H groups in total. The predicted octanol–water partition coefficient (Wildman–Crippen LogP) is 3.56. The first-order chi connectivity index (χ1) is 14.2. The summed E-state index contributed by atoms with van der Waals surface area (Å²) in [7, 11) is 0. The number of hydrogen-bond donors (Lipinski definition) is 2. The van der Waals surface area contributed by atoms with Crippen LogP contribution in [-0.2, 0) is 4.79 Å². The maximum atomic E-state index is 12.9. The van der Waals surface area contributed by atoms with E-state index in [2.05, 4.69) is 20.5 Å². The molecular weight excluding hydrogens is 366 g/mol. The second-order valence-electron chi connectivity index (χ2n) is 7.64. The minimum Gasteiger partial charge on any atom is -0.355 e. The number of benzene rings is 1. The summed E-state index contributed by atoms with van der Waals surface area (Å²) in [6.07, 6.45) is 5.65. The van der Waals surface area contributed by atoms with Gasteiger partial charge in [0.25, 0.3) is 0 Å². The molecule has 3 amide bonds. The van der Waals surface area contributed by atoms with E-state index in [1.807, 2.05) is 42.5 Å². The van der Waals surface area contributed by atoms with E-state index in [-0.39, 0.29) is 17.9 Å². The lowest BCUT2D eigenvalue weighted by molar-refractivity contribution is -0.121. The summed E-state index contributed by atoms with van der Waals surface area (Å²) < 4.78 is 0. The van der Waals surface area contributed by atoms with Gasteiger partial charge in [-0.05, 0) is 49.9 Å². The number of carbonyl (C=O) groups is 2. The summed E-state index contributed by atoms with van der Waals surface area (Å²) >= 11 is 0.